The summed E-state index contributed by atoms with van der Waals surface area (Å²) >= 11 is 1.63. The molecule has 1 amide bonds. The lowest BCUT2D eigenvalue weighted by Gasteiger charge is -2.12. The molecule has 0 atom stereocenters. The molecule has 0 saturated carbocycles. The normalized spacial score (nSPS) is 14.6. The molecule has 3 aromatic heterocycles. The summed E-state index contributed by atoms with van der Waals surface area (Å²) in [4.78, 5) is 32.9. The van der Waals surface area contributed by atoms with E-state index >= 15 is 0 Å². The first-order chi connectivity index (χ1) is 13.4. The van der Waals surface area contributed by atoms with Crippen molar-refractivity contribution in [3.8, 4) is 0 Å². The summed E-state index contributed by atoms with van der Waals surface area (Å²) in [6.07, 6.45) is 6.60. The summed E-state index contributed by atoms with van der Waals surface area (Å²) in [5.74, 6) is 0.145. The second-order valence-corrected chi connectivity index (χ2v) is 8.59. The van der Waals surface area contributed by atoms with Gasteiger partial charge in [-0.15, -0.1) is 11.3 Å². The maximum absolute atomic E-state index is 13.3. The number of hydrogen-bond acceptors (Lipinski definition) is 5. The van der Waals surface area contributed by atoms with Gasteiger partial charge in [0, 0.05) is 17.6 Å². The lowest BCUT2D eigenvalue weighted by Crippen LogP contribution is -2.36. The van der Waals surface area contributed by atoms with Crippen LogP contribution in [0.25, 0.3) is 10.2 Å². The number of amides is 1. The second-order valence-electron chi connectivity index (χ2n) is 7.51. The summed E-state index contributed by atoms with van der Waals surface area (Å²) in [5.41, 5.74) is 5.60. The fourth-order valence-electron chi connectivity index (χ4n) is 4.05. The molecule has 8 heteroatoms. The van der Waals surface area contributed by atoms with Crippen LogP contribution in [0.3, 0.4) is 0 Å². The van der Waals surface area contributed by atoms with Crippen LogP contribution in [0.2, 0.25) is 0 Å². The molecule has 3 heterocycles. The number of fused-ring (bicyclic) bond motifs is 3. The molecule has 7 nitrogen and oxygen atoms in total. The predicted octanol–water partition coefficient (Wildman–Crippen LogP) is 3.16. The molecule has 0 aliphatic heterocycles. The Balaban J connectivity index is 1.80. The number of thiophene rings is 1. The van der Waals surface area contributed by atoms with E-state index < -0.39 is 0 Å². The van der Waals surface area contributed by atoms with Crippen molar-refractivity contribution in [3.05, 3.63) is 43.6 Å². The van der Waals surface area contributed by atoms with Gasteiger partial charge in [0.2, 0.25) is 0 Å². The zero-order valence-corrected chi connectivity index (χ0v) is 17.6. The van der Waals surface area contributed by atoms with E-state index in [2.05, 4.69) is 15.5 Å². The number of carbonyl (C=O) groups excluding carboxylic acids is 1. The largest absolute Gasteiger partial charge is 0.281 e. The fraction of sp³-hybridized carbons (Fsp3) is 0.500. The molecule has 0 radical (unpaired) electrons. The van der Waals surface area contributed by atoms with E-state index in [4.69, 9.17) is 0 Å². The van der Waals surface area contributed by atoms with Crippen molar-refractivity contribution in [3.63, 3.8) is 0 Å². The highest BCUT2D eigenvalue weighted by Crippen LogP contribution is 2.32. The van der Waals surface area contributed by atoms with Gasteiger partial charge in [-0.1, -0.05) is 12.8 Å². The molecular weight excluding hydrogens is 374 g/mol. The molecule has 148 valence electrons. The third-order valence-corrected chi connectivity index (χ3v) is 6.79. The topological polar surface area (TPSA) is 81.8 Å². The maximum atomic E-state index is 13.3. The van der Waals surface area contributed by atoms with Crippen molar-refractivity contribution in [2.75, 3.05) is 5.43 Å². The zero-order chi connectivity index (χ0) is 20.0. The number of rotatable bonds is 2. The Morgan fingerprint density at radius 1 is 1.11 bits per heavy atom. The molecule has 0 bridgehead atoms. The maximum Gasteiger partial charge on any atom is 0.281 e. The van der Waals surface area contributed by atoms with Gasteiger partial charge in [0.05, 0.1) is 16.6 Å². The van der Waals surface area contributed by atoms with Crippen molar-refractivity contribution in [2.24, 2.45) is 7.05 Å². The molecule has 0 spiro atoms. The molecule has 1 aliphatic rings. The van der Waals surface area contributed by atoms with E-state index in [0.29, 0.717) is 22.5 Å². The van der Waals surface area contributed by atoms with Gasteiger partial charge < -0.3 is 0 Å². The molecule has 0 fully saturated rings. The van der Waals surface area contributed by atoms with Crippen LogP contribution in [0.15, 0.2) is 4.79 Å². The van der Waals surface area contributed by atoms with Crippen molar-refractivity contribution < 1.29 is 4.79 Å². The highest BCUT2D eigenvalue weighted by Gasteiger charge is 2.22. The highest BCUT2D eigenvalue weighted by molar-refractivity contribution is 7.18. The van der Waals surface area contributed by atoms with E-state index in [1.165, 1.54) is 22.4 Å². The molecule has 0 saturated heterocycles. The van der Waals surface area contributed by atoms with Crippen molar-refractivity contribution in [2.45, 2.75) is 59.3 Å². The quantitative estimate of drug-likeness (QED) is 0.718. The Kier molecular flexibility index (Phi) is 4.82. The molecule has 1 aliphatic carbocycles. The smallest absolute Gasteiger partial charge is 0.272 e. The van der Waals surface area contributed by atoms with Gasteiger partial charge in [-0.3, -0.25) is 19.7 Å². The van der Waals surface area contributed by atoms with E-state index in [1.54, 1.807) is 36.9 Å². The van der Waals surface area contributed by atoms with Crippen molar-refractivity contribution >= 4 is 27.5 Å². The van der Waals surface area contributed by atoms with Gasteiger partial charge in [0.25, 0.3) is 11.5 Å². The number of nitrogens with one attached hydrogen (secondary N) is 1. The molecule has 3 aromatic rings. The van der Waals surface area contributed by atoms with E-state index in [9.17, 15) is 9.59 Å². The molecule has 1 N–H and O–H groups in total. The monoisotopic (exact) mass is 399 g/mol. The fourth-order valence-corrected chi connectivity index (χ4v) is 5.35. The molecule has 28 heavy (non-hydrogen) atoms. The molecular formula is C20H25N5O2S. The Morgan fingerprint density at radius 3 is 2.50 bits per heavy atom. The lowest BCUT2D eigenvalue weighted by atomic mass is 9.98. The number of aryl methyl sites for hydroxylation is 5. The lowest BCUT2D eigenvalue weighted by molar-refractivity contribution is 0.100. The minimum absolute atomic E-state index is 0.187. The van der Waals surface area contributed by atoms with Crippen LogP contribution in [0.4, 0.5) is 0 Å². The van der Waals surface area contributed by atoms with Crippen LogP contribution >= 0.6 is 11.3 Å². The van der Waals surface area contributed by atoms with Gasteiger partial charge >= 0.3 is 0 Å². The minimum atomic E-state index is -0.340. The summed E-state index contributed by atoms with van der Waals surface area (Å²) in [7, 11) is 1.80. The SMILES string of the molecule is Cc1nn(C)c(C)c1C(=O)Nn1c(C)nc2sc3c(c2c1=O)CCCCCC3. The number of aromatic nitrogens is 4. The van der Waals surface area contributed by atoms with Crippen LogP contribution in [0.1, 0.15) is 63.7 Å². The Morgan fingerprint density at radius 2 is 1.82 bits per heavy atom. The van der Waals surface area contributed by atoms with Crippen molar-refractivity contribution in [1.82, 2.24) is 19.4 Å². The van der Waals surface area contributed by atoms with Crippen LogP contribution in [-0.2, 0) is 19.9 Å². The third kappa shape index (κ3) is 3.05. The second kappa shape index (κ2) is 7.16. The van der Waals surface area contributed by atoms with Crippen LogP contribution in [0, 0.1) is 20.8 Å². The first-order valence-electron chi connectivity index (χ1n) is 9.74. The first kappa shape index (κ1) is 18.9. The third-order valence-electron chi connectivity index (χ3n) is 5.61. The van der Waals surface area contributed by atoms with Crippen LogP contribution in [-0.4, -0.2) is 25.3 Å². The summed E-state index contributed by atoms with van der Waals surface area (Å²) in [6.45, 7) is 5.38. The van der Waals surface area contributed by atoms with Gasteiger partial charge in [-0.25, -0.2) is 9.66 Å². The molecule has 0 aromatic carbocycles. The Hall–Kier alpha value is -2.48. The zero-order valence-electron chi connectivity index (χ0n) is 16.8. The number of carbonyl (C=O) groups is 1. The number of hydrogen-bond donors (Lipinski definition) is 1. The highest BCUT2D eigenvalue weighted by atomic mass is 32.1. The van der Waals surface area contributed by atoms with E-state index in [1.807, 2.05) is 6.92 Å². The van der Waals surface area contributed by atoms with Crippen molar-refractivity contribution in [1.29, 1.82) is 0 Å². The minimum Gasteiger partial charge on any atom is -0.272 e. The summed E-state index contributed by atoms with van der Waals surface area (Å²) in [6, 6.07) is 0. The van der Waals surface area contributed by atoms with Gasteiger partial charge in [0.15, 0.2) is 0 Å². The molecule has 4 rings (SSSR count). The van der Waals surface area contributed by atoms with Crippen LogP contribution in [0.5, 0.6) is 0 Å². The summed E-state index contributed by atoms with van der Waals surface area (Å²) in [5, 5.41) is 4.96. The van der Waals surface area contributed by atoms with E-state index in [0.717, 1.165) is 41.8 Å². The number of nitrogens with zero attached hydrogens (tertiary/aromatic N) is 4. The van der Waals surface area contributed by atoms with Gasteiger partial charge in [0.1, 0.15) is 10.7 Å². The van der Waals surface area contributed by atoms with Crippen LogP contribution < -0.4 is 11.0 Å². The van der Waals surface area contributed by atoms with E-state index in [-0.39, 0.29) is 11.5 Å². The standard InChI is InChI=1S/C20H25N5O2S/c1-11-16(12(2)24(4)22-11)18(26)23-25-13(3)21-19-17(20(25)27)14-9-7-5-6-8-10-15(14)28-19/h5-10H2,1-4H3,(H,23,26). The van der Waals surface area contributed by atoms with Gasteiger partial charge in [-0.2, -0.15) is 5.10 Å². The molecule has 0 unspecified atom stereocenters. The average Bonchev–Trinajstić information content (AvgIpc) is 3.07. The average molecular weight is 400 g/mol. The summed E-state index contributed by atoms with van der Waals surface area (Å²) < 4.78 is 2.96. The predicted molar refractivity (Wildman–Crippen MR) is 111 cm³/mol. The first-order valence-corrected chi connectivity index (χ1v) is 10.6. The Labute approximate surface area is 167 Å². The Bertz CT molecular complexity index is 1140. The van der Waals surface area contributed by atoms with Gasteiger partial charge in [-0.05, 0) is 52.0 Å².